The highest BCUT2D eigenvalue weighted by Crippen LogP contribution is 2.47. The van der Waals surface area contributed by atoms with Crippen LogP contribution in [0.5, 0.6) is 5.75 Å². The number of benzene rings is 3. The highest BCUT2D eigenvalue weighted by molar-refractivity contribution is 5.88. The minimum atomic E-state index is -0.907. The first-order chi connectivity index (χ1) is 18.6. The summed E-state index contributed by atoms with van der Waals surface area (Å²) in [5.74, 6) is 0.00483. The molecule has 1 N–H and O–H groups in total. The SMILES string of the molecule is CC1(C)CCC(C)(C)c2cc(-c3cc(-c4ccc(C(=O)O)cc4)ccc3OCCCCN3CCCC3)ccc21. The lowest BCUT2D eigenvalue weighted by molar-refractivity contribution is 0.0697. The van der Waals surface area contributed by atoms with Gasteiger partial charge in [-0.25, -0.2) is 4.79 Å². The fraction of sp³-hybridized carbons (Fsp3) is 0.457. The molecule has 0 aromatic heterocycles. The Hall–Kier alpha value is -3.11. The van der Waals surface area contributed by atoms with Gasteiger partial charge < -0.3 is 14.7 Å². The van der Waals surface area contributed by atoms with Gasteiger partial charge >= 0.3 is 5.97 Å². The van der Waals surface area contributed by atoms with E-state index in [0.29, 0.717) is 12.2 Å². The number of rotatable bonds is 9. The van der Waals surface area contributed by atoms with Crippen molar-refractivity contribution in [3.8, 4) is 28.0 Å². The van der Waals surface area contributed by atoms with E-state index in [2.05, 4.69) is 69.0 Å². The zero-order chi connectivity index (χ0) is 27.6. The molecule has 4 nitrogen and oxygen atoms in total. The zero-order valence-corrected chi connectivity index (χ0v) is 24.1. The van der Waals surface area contributed by atoms with E-state index >= 15 is 0 Å². The number of ether oxygens (including phenoxy) is 1. The Morgan fingerprint density at radius 2 is 1.44 bits per heavy atom. The summed E-state index contributed by atoms with van der Waals surface area (Å²) in [6.07, 6.45) is 7.23. The van der Waals surface area contributed by atoms with Crippen molar-refractivity contribution in [1.29, 1.82) is 0 Å². The summed E-state index contributed by atoms with van der Waals surface area (Å²) in [7, 11) is 0. The van der Waals surface area contributed by atoms with E-state index < -0.39 is 5.97 Å². The third kappa shape index (κ3) is 6.06. The number of nitrogens with zero attached hydrogens (tertiary/aromatic N) is 1. The first-order valence-corrected chi connectivity index (χ1v) is 14.6. The van der Waals surface area contributed by atoms with Crippen molar-refractivity contribution < 1.29 is 14.6 Å². The number of hydrogen-bond acceptors (Lipinski definition) is 3. The predicted octanol–water partition coefficient (Wildman–Crippen LogP) is 8.32. The van der Waals surface area contributed by atoms with Gasteiger partial charge in [0.05, 0.1) is 12.2 Å². The van der Waals surface area contributed by atoms with E-state index in [4.69, 9.17) is 4.74 Å². The predicted molar refractivity (Wildman–Crippen MR) is 160 cm³/mol. The third-order valence-electron chi connectivity index (χ3n) is 8.93. The number of carbonyl (C=O) groups is 1. The molecular weight excluding hydrogens is 482 g/mol. The fourth-order valence-corrected chi connectivity index (χ4v) is 6.25. The van der Waals surface area contributed by atoms with Gasteiger partial charge in [0.15, 0.2) is 0 Å². The molecule has 1 aliphatic carbocycles. The molecule has 0 spiro atoms. The van der Waals surface area contributed by atoms with E-state index in [-0.39, 0.29) is 10.8 Å². The largest absolute Gasteiger partial charge is 0.493 e. The molecule has 1 saturated heterocycles. The molecule has 1 fully saturated rings. The molecule has 0 bridgehead atoms. The second-order valence-corrected chi connectivity index (χ2v) is 12.7. The maximum Gasteiger partial charge on any atom is 0.335 e. The van der Waals surface area contributed by atoms with Crippen molar-refractivity contribution in [2.45, 2.75) is 77.0 Å². The van der Waals surface area contributed by atoms with Crippen molar-refractivity contribution in [3.05, 3.63) is 77.4 Å². The van der Waals surface area contributed by atoms with Gasteiger partial charge in [-0.2, -0.15) is 0 Å². The molecule has 0 saturated carbocycles. The Balaban J connectivity index is 1.45. The maximum absolute atomic E-state index is 11.4. The van der Waals surface area contributed by atoms with Crippen LogP contribution in [0.25, 0.3) is 22.3 Å². The first kappa shape index (κ1) is 27.5. The number of likely N-dealkylation sites (tertiary alicyclic amines) is 1. The molecule has 4 heteroatoms. The van der Waals surface area contributed by atoms with Gasteiger partial charge in [-0.05, 0) is 121 Å². The topological polar surface area (TPSA) is 49.8 Å². The lowest BCUT2D eigenvalue weighted by Gasteiger charge is -2.42. The normalized spacial score (nSPS) is 18.1. The number of unbranched alkanes of at least 4 members (excludes halogenated alkanes) is 1. The van der Waals surface area contributed by atoms with E-state index in [9.17, 15) is 9.90 Å². The smallest absolute Gasteiger partial charge is 0.335 e. The van der Waals surface area contributed by atoms with Gasteiger partial charge in [-0.1, -0.05) is 64.1 Å². The summed E-state index contributed by atoms with van der Waals surface area (Å²) in [6, 6.07) is 20.5. The minimum Gasteiger partial charge on any atom is -0.493 e. The van der Waals surface area contributed by atoms with Crippen molar-refractivity contribution in [1.82, 2.24) is 4.90 Å². The Labute approximate surface area is 234 Å². The highest BCUT2D eigenvalue weighted by atomic mass is 16.5. The molecule has 3 aromatic carbocycles. The van der Waals surface area contributed by atoms with E-state index in [1.165, 1.54) is 55.5 Å². The summed E-state index contributed by atoms with van der Waals surface area (Å²) in [5, 5.41) is 9.31. The van der Waals surface area contributed by atoms with Crippen molar-refractivity contribution >= 4 is 5.97 Å². The van der Waals surface area contributed by atoms with Crippen LogP contribution < -0.4 is 4.74 Å². The van der Waals surface area contributed by atoms with Crippen LogP contribution in [0.2, 0.25) is 0 Å². The second-order valence-electron chi connectivity index (χ2n) is 12.7. The number of carboxylic acid groups (broad SMARTS) is 1. The number of hydrogen-bond donors (Lipinski definition) is 1. The van der Waals surface area contributed by atoms with Crippen molar-refractivity contribution in [3.63, 3.8) is 0 Å². The van der Waals surface area contributed by atoms with Crippen LogP contribution in [-0.2, 0) is 10.8 Å². The molecule has 2 aliphatic rings. The highest BCUT2D eigenvalue weighted by Gasteiger charge is 2.37. The molecule has 0 radical (unpaired) electrons. The summed E-state index contributed by atoms with van der Waals surface area (Å²) >= 11 is 0. The molecule has 39 heavy (non-hydrogen) atoms. The fourth-order valence-electron chi connectivity index (χ4n) is 6.25. The Morgan fingerprint density at radius 3 is 2.13 bits per heavy atom. The van der Waals surface area contributed by atoms with Gasteiger partial charge in [0.25, 0.3) is 0 Å². The number of aromatic carboxylic acids is 1. The average molecular weight is 526 g/mol. The van der Waals surface area contributed by atoms with Crippen LogP contribution in [0.15, 0.2) is 60.7 Å². The van der Waals surface area contributed by atoms with Gasteiger partial charge in [-0.3, -0.25) is 0 Å². The van der Waals surface area contributed by atoms with Gasteiger partial charge in [0, 0.05) is 5.56 Å². The molecule has 0 unspecified atom stereocenters. The number of carboxylic acids is 1. The van der Waals surface area contributed by atoms with Crippen LogP contribution in [0.3, 0.4) is 0 Å². The van der Waals surface area contributed by atoms with E-state index in [1.54, 1.807) is 12.1 Å². The maximum atomic E-state index is 11.4. The second kappa shape index (κ2) is 11.2. The van der Waals surface area contributed by atoms with Gasteiger partial charge in [0.1, 0.15) is 5.75 Å². The first-order valence-electron chi connectivity index (χ1n) is 14.6. The van der Waals surface area contributed by atoms with Crippen molar-refractivity contribution in [2.75, 3.05) is 26.2 Å². The molecular formula is C35H43NO3. The minimum absolute atomic E-state index is 0.127. The summed E-state index contributed by atoms with van der Waals surface area (Å²) in [5.41, 5.74) is 7.81. The molecule has 5 rings (SSSR count). The average Bonchev–Trinajstić information content (AvgIpc) is 3.45. The van der Waals surface area contributed by atoms with Crippen LogP contribution >= 0.6 is 0 Å². The van der Waals surface area contributed by atoms with E-state index in [0.717, 1.165) is 41.8 Å². The lowest BCUT2D eigenvalue weighted by Crippen LogP contribution is -2.33. The van der Waals surface area contributed by atoms with Crippen LogP contribution in [-0.4, -0.2) is 42.2 Å². The Bertz CT molecular complexity index is 1320. The van der Waals surface area contributed by atoms with Crippen LogP contribution in [0.1, 0.15) is 87.7 Å². The van der Waals surface area contributed by atoms with Crippen LogP contribution in [0, 0.1) is 0 Å². The standard InChI is InChI=1S/C35H43NO3/c1-34(2)17-18-35(3,4)31-24-28(13-15-30(31)34)29-23-27(25-9-11-26(12-10-25)33(37)38)14-16-32(29)39-22-8-7-21-36-19-5-6-20-36/h9-16,23-24H,5-8,17-22H2,1-4H3,(H,37,38). The monoisotopic (exact) mass is 525 g/mol. The summed E-state index contributed by atoms with van der Waals surface area (Å²) in [4.78, 5) is 13.9. The molecule has 0 atom stereocenters. The quantitative estimate of drug-likeness (QED) is 0.285. The summed E-state index contributed by atoms with van der Waals surface area (Å²) < 4.78 is 6.44. The third-order valence-corrected chi connectivity index (χ3v) is 8.93. The number of fused-ring (bicyclic) bond motifs is 1. The Kier molecular flexibility index (Phi) is 7.87. The van der Waals surface area contributed by atoms with E-state index in [1.807, 2.05) is 12.1 Å². The summed E-state index contributed by atoms with van der Waals surface area (Å²) in [6.45, 7) is 13.8. The van der Waals surface area contributed by atoms with Crippen molar-refractivity contribution in [2.24, 2.45) is 0 Å². The molecule has 3 aromatic rings. The van der Waals surface area contributed by atoms with Gasteiger partial charge in [-0.15, -0.1) is 0 Å². The molecule has 1 heterocycles. The van der Waals surface area contributed by atoms with Crippen LogP contribution in [0.4, 0.5) is 0 Å². The lowest BCUT2D eigenvalue weighted by atomic mass is 9.63. The molecule has 1 aliphatic heterocycles. The zero-order valence-electron chi connectivity index (χ0n) is 24.1. The van der Waals surface area contributed by atoms with Gasteiger partial charge in [0.2, 0.25) is 0 Å². The molecule has 206 valence electrons. The Morgan fingerprint density at radius 1 is 0.795 bits per heavy atom. The molecule has 0 amide bonds.